The van der Waals surface area contributed by atoms with Gasteiger partial charge in [0.25, 0.3) is 0 Å². The molecule has 0 aromatic heterocycles. The van der Waals surface area contributed by atoms with E-state index in [1.54, 1.807) is 0 Å². The standard InChI is InChI=1S/C20H32O2/c1-3-19(15-11-7-5-8-12-15)17(21)20(4-2,18(19)22)16-13-9-6-10-14-16/h15-16H,3-14H2,1-2H3. The van der Waals surface area contributed by atoms with Crippen molar-refractivity contribution in [1.82, 2.24) is 0 Å². The third-order valence-electron chi connectivity index (χ3n) is 7.34. The number of carbonyl (C=O) groups excluding carboxylic acids is 2. The second kappa shape index (κ2) is 6.09. The molecule has 0 N–H and O–H groups in total. The molecule has 0 radical (unpaired) electrons. The van der Waals surface area contributed by atoms with Crippen LogP contribution in [0.2, 0.25) is 0 Å². The summed E-state index contributed by atoms with van der Waals surface area (Å²) in [6, 6.07) is 0. The SMILES string of the molecule is CCC1(C2CCCCC2)C(=O)C(CC)(C2CCCCC2)C1=O. The molecule has 2 heteroatoms. The van der Waals surface area contributed by atoms with Gasteiger partial charge in [-0.1, -0.05) is 52.4 Å². The maximum Gasteiger partial charge on any atom is 0.160 e. The molecule has 3 fully saturated rings. The van der Waals surface area contributed by atoms with Gasteiger partial charge in [0.05, 0.1) is 10.8 Å². The van der Waals surface area contributed by atoms with E-state index in [2.05, 4.69) is 13.8 Å². The van der Waals surface area contributed by atoms with Gasteiger partial charge in [0.1, 0.15) is 0 Å². The van der Waals surface area contributed by atoms with Crippen LogP contribution >= 0.6 is 0 Å². The van der Waals surface area contributed by atoms with E-state index >= 15 is 0 Å². The Hall–Kier alpha value is -0.660. The van der Waals surface area contributed by atoms with Gasteiger partial charge in [0.15, 0.2) is 11.6 Å². The van der Waals surface area contributed by atoms with Crippen LogP contribution in [0.1, 0.15) is 90.9 Å². The van der Waals surface area contributed by atoms with Gasteiger partial charge in [-0.15, -0.1) is 0 Å². The summed E-state index contributed by atoms with van der Waals surface area (Å²) in [6.45, 7) is 4.15. The summed E-state index contributed by atoms with van der Waals surface area (Å²) < 4.78 is 0. The highest BCUT2D eigenvalue weighted by Gasteiger charge is 2.73. The number of ketones is 2. The summed E-state index contributed by atoms with van der Waals surface area (Å²) in [5.41, 5.74) is -1.18. The normalized spacial score (nSPS) is 38.1. The molecule has 0 saturated heterocycles. The quantitative estimate of drug-likeness (QED) is 0.678. The van der Waals surface area contributed by atoms with Gasteiger partial charge < -0.3 is 0 Å². The first-order valence-corrected chi connectivity index (χ1v) is 9.74. The molecule has 124 valence electrons. The van der Waals surface area contributed by atoms with Gasteiger partial charge in [0, 0.05) is 0 Å². The molecule has 0 aromatic rings. The fourth-order valence-electron chi connectivity index (χ4n) is 6.09. The van der Waals surface area contributed by atoms with Crippen LogP contribution in [0.3, 0.4) is 0 Å². The average molecular weight is 304 g/mol. The molecule has 0 atom stereocenters. The summed E-state index contributed by atoms with van der Waals surface area (Å²) in [5.74, 6) is 1.40. The lowest BCUT2D eigenvalue weighted by atomic mass is 9.39. The summed E-state index contributed by atoms with van der Waals surface area (Å²) in [5, 5.41) is 0. The Balaban J connectivity index is 1.89. The molecule has 0 unspecified atom stereocenters. The van der Waals surface area contributed by atoms with E-state index in [9.17, 15) is 9.59 Å². The van der Waals surface area contributed by atoms with Crippen molar-refractivity contribution >= 4 is 11.6 Å². The minimum absolute atomic E-state index is 0.342. The van der Waals surface area contributed by atoms with E-state index in [1.165, 1.54) is 38.5 Å². The Kier molecular flexibility index (Phi) is 4.49. The molecule has 0 aromatic carbocycles. The minimum atomic E-state index is -0.589. The predicted molar refractivity (Wildman–Crippen MR) is 88.6 cm³/mol. The Morgan fingerprint density at radius 3 is 1.27 bits per heavy atom. The van der Waals surface area contributed by atoms with Crippen molar-refractivity contribution in [2.75, 3.05) is 0 Å². The van der Waals surface area contributed by atoms with Crippen LogP contribution in [0.15, 0.2) is 0 Å². The van der Waals surface area contributed by atoms with E-state index in [4.69, 9.17) is 0 Å². The van der Waals surface area contributed by atoms with Crippen LogP contribution in [0.25, 0.3) is 0 Å². The van der Waals surface area contributed by atoms with Gasteiger partial charge in [-0.2, -0.15) is 0 Å². The zero-order chi connectivity index (χ0) is 15.8. The summed E-state index contributed by atoms with van der Waals surface area (Å²) in [6.07, 6.45) is 13.2. The molecule has 3 aliphatic rings. The van der Waals surface area contributed by atoms with Crippen LogP contribution in [0.4, 0.5) is 0 Å². The van der Waals surface area contributed by atoms with Crippen LogP contribution in [0.5, 0.6) is 0 Å². The van der Waals surface area contributed by atoms with Crippen molar-refractivity contribution in [2.45, 2.75) is 90.9 Å². The first-order chi connectivity index (χ1) is 10.6. The lowest BCUT2D eigenvalue weighted by molar-refractivity contribution is -0.185. The Morgan fingerprint density at radius 2 is 1.00 bits per heavy atom. The Morgan fingerprint density at radius 1 is 0.682 bits per heavy atom. The number of hydrogen-bond acceptors (Lipinski definition) is 2. The highest BCUT2D eigenvalue weighted by atomic mass is 16.2. The fourth-order valence-corrected chi connectivity index (χ4v) is 6.09. The second-order valence-electron chi connectivity index (χ2n) is 7.98. The second-order valence-corrected chi connectivity index (χ2v) is 7.98. The molecule has 2 nitrogen and oxygen atoms in total. The molecule has 0 bridgehead atoms. The topological polar surface area (TPSA) is 34.1 Å². The van der Waals surface area contributed by atoms with Crippen molar-refractivity contribution in [1.29, 1.82) is 0 Å². The van der Waals surface area contributed by atoms with Gasteiger partial charge in [-0.25, -0.2) is 0 Å². The zero-order valence-electron chi connectivity index (χ0n) is 14.5. The van der Waals surface area contributed by atoms with Crippen LogP contribution in [0, 0.1) is 22.7 Å². The monoisotopic (exact) mass is 304 g/mol. The van der Waals surface area contributed by atoms with E-state index in [1.807, 2.05) is 0 Å². The molecule has 22 heavy (non-hydrogen) atoms. The van der Waals surface area contributed by atoms with Crippen molar-refractivity contribution in [3.63, 3.8) is 0 Å². The first-order valence-electron chi connectivity index (χ1n) is 9.74. The van der Waals surface area contributed by atoms with Crippen LogP contribution in [-0.4, -0.2) is 11.6 Å². The Labute approximate surface area is 135 Å². The predicted octanol–water partition coefficient (Wildman–Crippen LogP) is 5.09. The highest BCUT2D eigenvalue weighted by molar-refractivity contribution is 6.31. The molecule has 3 saturated carbocycles. The molecular weight excluding hydrogens is 272 g/mol. The Bertz CT molecular complexity index is 385. The molecule has 0 aliphatic heterocycles. The molecular formula is C20H32O2. The third kappa shape index (κ3) is 1.98. The lowest BCUT2D eigenvalue weighted by Crippen LogP contribution is -2.71. The number of rotatable bonds is 4. The number of hydrogen-bond donors (Lipinski definition) is 0. The van der Waals surface area contributed by atoms with Crippen molar-refractivity contribution < 1.29 is 9.59 Å². The van der Waals surface area contributed by atoms with Crippen molar-refractivity contribution in [3.8, 4) is 0 Å². The molecule has 3 aliphatic carbocycles. The molecule has 0 spiro atoms. The van der Waals surface area contributed by atoms with Crippen LogP contribution < -0.4 is 0 Å². The first kappa shape index (κ1) is 16.2. The van der Waals surface area contributed by atoms with E-state index in [0.717, 1.165) is 38.5 Å². The summed E-state index contributed by atoms with van der Waals surface area (Å²) in [7, 11) is 0. The van der Waals surface area contributed by atoms with Gasteiger partial charge in [-0.3, -0.25) is 9.59 Å². The molecule has 3 rings (SSSR count). The average Bonchev–Trinajstić information content (AvgIpc) is 2.59. The summed E-state index contributed by atoms with van der Waals surface area (Å²) >= 11 is 0. The zero-order valence-corrected chi connectivity index (χ0v) is 14.5. The molecule has 0 heterocycles. The number of Topliss-reactive ketones (excluding diaryl/α,β-unsaturated/α-hetero) is 2. The van der Waals surface area contributed by atoms with Gasteiger partial charge in [-0.05, 0) is 50.4 Å². The van der Waals surface area contributed by atoms with E-state index < -0.39 is 10.8 Å². The fraction of sp³-hybridized carbons (Fsp3) is 0.900. The van der Waals surface area contributed by atoms with Crippen LogP contribution in [-0.2, 0) is 9.59 Å². The van der Waals surface area contributed by atoms with Gasteiger partial charge in [0.2, 0.25) is 0 Å². The van der Waals surface area contributed by atoms with E-state index in [0.29, 0.717) is 23.4 Å². The summed E-state index contributed by atoms with van der Waals surface area (Å²) in [4.78, 5) is 26.9. The maximum absolute atomic E-state index is 13.5. The van der Waals surface area contributed by atoms with Crippen molar-refractivity contribution in [2.24, 2.45) is 22.7 Å². The maximum atomic E-state index is 13.5. The lowest BCUT2D eigenvalue weighted by Gasteiger charge is -2.59. The van der Waals surface area contributed by atoms with Gasteiger partial charge >= 0.3 is 0 Å². The van der Waals surface area contributed by atoms with E-state index in [-0.39, 0.29) is 0 Å². The smallest absolute Gasteiger partial charge is 0.160 e. The number of carbonyl (C=O) groups is 2. The van der Waals surface area contributed by atoms with Crippen molar-refractivity contribution in [3.05, 3.63) is 0 Å². The molecule has 0 amide bonds. The minimum Gasteiger partial charge on any atom is -0.297 e. The third-order valence-corrected chi connectivity index (χ3v) is 7.34. The largest absolute Gasteiger partial charge is 0.297 e. The highest BCUT2D eigenvalue weighted by Crippen LogP contribution is 2.62.